The van der Waals surface area contributed by atoms with Gasteiger partial charge in [0.2, 0.25) is 0 Å². The van der Waals surface area contributed by atoms with Gasteiger partial charge in [-0.05, 0) is 5.92 Å². The van der Waals surface area contributed by atoms with Crippen LogP contribution >= 0.6 is 0 Å². The van der Waals surface area contributed by atoms with Crippen molar-refractivity contribution in [3.63, 3.8) is 0 Å². The molecule has 0 aromatic carbocycles. The second-order valence-electron chi connectivity index (χ2n) is 2.73. The van der Waals surface area contributed by atoms with Crippen LogP contribution in [0, 0.1) is 12.8 Å². The lowest BCUT2D eigenvalue weighted by Gasteiger charge is -2.10. The first-order chi connectivity index (χ1) is 4.35. The SMILES string of the molecule is [CH2]CC(CCC)CCC. The van der Waals surface area contributed by atoms with E-state index in [1.807, 2.05) is 0 Å². The maximum absolute atomic E-state index is 3.92. The minimum Gasteiger partial charge on any atom is -0.0654 e. The second kappa shape index (κ2) is 6.12. The highest BCUT2D eigenvalue weighted by Crippen LogP contribution is 2.15. The van der Waals surface area contributed by atoms with Crippen LogP contribution in [0.4, 0.5) is 0 Å². The van der Waals surface area contributed by atoms with Gasteiger partial charge in [0.1, 0.15) is 0 Å². The summed E-state index contributed by atoms with van der Waals surface area (Å²) in [4.78, 5) is 0. The minimum atomic E-state index is 0.903. The first-order valence-electron chi connectivity index (χ1n) is 4.14. The van der Waals surface area contributed by atoms with Gasteiger partial charge in [-0.3, -0.25) is 0 Å². The van der Waals surface area contributed by atoms with E-state index in [1.165, 1.54) is 25.7 Å². The zero-order valence-corrected chi connectivity index (χ0v) is 6.82. The van der Waals surface area contributed by atoms with Gasteiger partial charge in [0.05, 0.1) is 0 Å². The molecule has 0 saturated carbocycles. The molecule has 9 heavy (non-hydrogen) atoms. The zero-order chi connectivity index (χ0) is 7.11. The van der Waals surface area contributed by atoms with Crippen LogP contribution in [0.1, 0.15) is 46.0 Å². The third-order valence-corrected chi connectivity index (χ3v) is 1.80. The molecule has 0 unspecified atom stereocenters. The molecule has 0 N–H and O–H groups in total. The molecule has 0 amide bonds. The molecule has 1 radical (unpaired) electrons. The van der Waals surface area contributed by atoms with Crippen molar-refractivity contribution in [3.8, 4) is 0 Å². The first-order valence-corrected chi connectivity index (χ1v) is 4.14. The lowest BCUT2D eigenvalue weighted by molar-refractivity contribution is 0.444. The topological polar surface area (TPSA) is 0 Å². The largest absolute Gasteiger partial charge is 0.0654 e. The Morgan fingerprint density at radius 2 is 1.56 bits per heavy atom. The van der Waals surface area contributed by atoms with Crippen LogP contribution in [-0.2, 0) is 0 Å². The summed E-state index contributed by atoms with van der Waals surface area (Å²) < 4.78 is 0. The quantitative estimate of drug-likeness (QED) is 0.530. The van der Waals surface area contributed by atoms with Gasteiger partial charge in [0, 0.05) is 0 Å². The molecule has 0 aromatic rings. The highest BCUT2D eigenvalue weighted by atomic mass is 14.1. The van der Waals surface area contributed by atoms with Crippen LogP contribution in [0.3, 0.4) is 0 Å². The van der Waals surface area contributed by atoms with Crippen molar-refractivity contribution < 1.29 is 0 Å². The van der Waals surface area contributed by atoms with Crippen LogP contribution in [-0.4, -0.2) is 0 Å². The predicted molar refractivity (Wildman–Crippen MR) is 43.3 cm³/mol. The van der Waals surface area contributed by atoms with E-state index in [0.29, 0.717) is 0 Å². The van der Waals surface area contributed by atoms with Gasteiger partial charge in [0.25, 0.3) is 0 Å². The van der Waals surface area contributed by atoms with E-state index < -0.39 is 0 Å². The maximum Gasteiger partial charge on any atom is -0.0414 e. The molecular formula is C9H19. The van der Waals surface area contributed by atoms with Gasteiger partial charge >= 0.3 is 0 Å². The number of hydrogen-bond donors (Lipinski definition) is 0. The van der Waals surface area contributed by atoms with E-state index >= 15 is 0 Å². The molecule has 0 bridgehead atoms. The van der Waals surface area contributed by atoms with Crippen molar-refractivity contribution in [2.75, 3.05) is 0 Å². The van der Waals surface area contributed by atoms with Gasteiger partial charge < -0.3 is 0 Å². The maximum atomic E-state index is 3.92. The van der Waals surface area contributed by atoms with Crippen LogP contribution in [0.15, 0.2) is 0 Å². The van der Waals surface area contributed by atoms with Crippen LogP contribution in [0.5, 0.6) is 0 Å². The van der Waals surface area contributed by atoms with Crippen LogP contribution in [0.25, 0.3) is 0 Å². The zero-order valence-electron chi connectivity index (χ0n) is 6.82. The Kier molecular flexibility index (Phi) is 6.12. The summed E-state index contributed by atoms with van der Waals surface area (Å²) in [5.41, 5.74) is 0. The lowest BCUT2D eigenvalue weighted by atomic mass is 9.96. The fourth-order valence-corrected chi connectivity index (χ4v) is 1.25. The third-order valence-electron chi connectivity index (χ3n) is 1.80. The van der Waals surface area contributed by atoms with E-state index in [9.17, 15) is 0 Å². The normalized spacial score (nSPS) is 10.7. The van der Waals surface area contributed by atoms with Gasteiger partial charge in [-0.1, -0.05) is 52.9 Å². The molecule has 0 aliphatic carbocycles. The Hall–Kier alpha value is 0. The number of rotatable bonds is 5. The first kappa shape index (κ1) is 9.00. The average Bonchev–Trinajstić information content (AvgIpc) is 1.88. The van der Waals surface area contributed by atoms with Crippen molar-refractivity contribution in [2.24, 2.45) is 5.92 Å². The summed E-state index contributed by atoms with van der Waals surface area (Å²) >= 11 is 0. The van der Waals surface area contributed by atoms with Crippen molar-refractivity contribution in [3.05, 3.63) is 6.92 Å². The molecule has 0 heterocycles. The Balaban J connectivity index is 3.18. The summed E-state index contributed by atoms with van der Waals surface area (Å²) in [6.07, 6.45) is 6.51. The summed E-state index contributed by atoms with van der Waals surface area (Å²) in [6.45, 7) is 8.42. The molecule has 0 atom stereocenters. The Morgan fingerprint density at radius 3 is 1.78 bits per heavy atom. The van der Waals surface area contributed by atoms with E-state index in [2.05, 4.69) is 20.8 Å². The van der Waals surface area contributed by atoms with Gasteiger partial charge in [-0.2, -0.15) is 0 Å². The van der Waals surface area contributed by atoms with Gasteiger partial charge in [-0.15, -0.1) is 0 Å². The summed E-state index contributed by atoms with van der Waals surface area (Å²) in [5, 5.41) is 0. The Morgan fingerprint density at radius 1 is 1.11 bits per heavy atom. The second-order valence-corrected chi connectivity index (χ2v) is 2.73. The molecule has 0 heteroatoms. The fraction of sp³-hybridized carbons (Fsp3) is 0.889. The highest BCUT2D eigenvalue weighted by Gasteiger charge is 2.01. The fourth-order valence-electron chi connectivity index (χ4n) is 1.25. The van der Waals surface area contributed by atoms with Gasteiger partial charge in [0.15, 0.2) is 0 Å². The van der Waals surface area contributed by atoms with Crippen molar-refractivity contribution in [1.29, 1.82) is 0 Å². The molecule has 0 aliphatic rings. The highest BCUT2D eigenvalue weighted by molar-refractivity contribution is 4.58. The summed E-state index contributed by atoms with van der Waals surface area (Å²) in [5.74, 6) is 0.903. The van der Waals surface area contributed by atoms with E-state index in [-0.39, 0.29) is 0 Å². The van der Waals surface area contributed by atoms with Crippen molar-refractivity contribution >= 4 is 0 Å². The average molecular weight is 127 g/mol. The minimum absolute atomic E-state index is 0.903. The van der Waals surface area contributed by atoms with Crippen LogP contribution in [0.2, 0.25) is 0 Å². The van der Waals surface area contributed by atoms with Crippen molar-refractivity contribution in [1.82, 2.24) is 0 Å². The number of hydrogen-bond acceptors (Lipinski definition) is 0. The third kappa shape index (κ3) is 4.50. The standard InChI is InChI=1S/C9H19/c1-4-7-9(6-3)8-5-2/h9H,3-8H2,1-2H3. The predicted octanol–water partition coefficient (Wildman–Crippen LogP) is 3.43. The van der Waals surface area contributed by atoms with Crippen LogP contribution < -0.4 is 0 Å². The molecule has 0 rings (SSSR count). The molecular weight excluding hydrogens is 108 g/mol. The monoisotopic (exact) mass is 127 g/mol. The molecule has 0 fully saturated rings. The van der Waals surface area contributed by atoms with E-state index in [0.717, 1.165) is 12.3 Å². The van der Waals surface area contributed by atoms with Gasteiger partial charge in [-0.25, -0.2) is 0 Å². The Labute approximate surface area is 59.7 Å². The molecule has 55 valence electrons. The van der Waals surface area contributed by atoms with Crippen molar-refractivity contribution in [2.45, 2.75) is 46.0 Å². The molecule has 0 aromatic heterocycles. The summed E-state index contributed by atoms with van der Waals surface area (Å²) in [7, 11) is 0. The molecule has 0 aliphatic heterocycles. The van der Waals surface area contributed by atoms with E-state index in [1.54, 1.807) is 0 Å². The smallest absolute Gasteiger partial charge is 0.0414 e. The summed E-state index contributed by atoms with van der Waals surface area (Å²) in [6, 6.07) is 0. The molecule has 0 nitrogen and oxygen atoms in total. The molecule has 0 spiro atoms. The van der Waals surface area contributed by atoms with E-state index in [4.69, 9.17) is 0 Å². The lowest BCUT2D eigenvalue weighted by Crippen LogP contribution is -1.96. The molecule has 0 saturated heterocycles. The Bertz CT molecular complexity index is 42.0.